The molecule has 1 fully saturated rings. The third kappa shape index (κ3) is 3.87. The minimum Gasteiger partial charge on any atom is -0.312 e. The van der Waals surface area contributed by atoms with Gasteiger partial charge in [-0.05, 0) is 37.4 Å². The molecule has 0 aliphatic heterocycles. The van der Waals surface area contributed by atoms with Crippen LogP contribution in [0.15, 0.2) is 18.2 Å². The van der Waals surface area contributed by atoms with Gasteiger partial charge in [-0.15, -0.1) is 0 Å². The number of hydrogen-bond acceptors (Lipinski definition) is 1. The summed E-state index contributed by atoms with van der Waals surface area (Å²) in [4.78, 5) is 0. The third-order valence-corrected chi connectivity index (χ3v) is 4.23. The van der Waals surface area contributed by atoms with Crippen LogP contribution in [0.4, 0.5) is 0 Å². The van der Waals surface area contributed by atoms with Crippen molar-refractivity contribution in [2.45, 2.75) is 38.6 Å². The SMILES string of the molecule is Clc1cccc(Cl)c1CNCC1CCCCC1. The van der Waals surface area contributed by atoms with E-state index in [1.165, 1.54) is 32.1 Å². The van der Waals surface area contributed by atoms with Crippen molar-refractivity contribution in [3.63, 3.8) is 0 Å². The first kappa shape index (κ1) is 13.2. The fourth-order valence-corrected chi connectivity index (χ4v) is 3.02. The van der Waals surface area contributed by atoms with Crippen LogP contribution in [0.2, 0.25) is 10.0 Å². The van der Waals surface area contributed by atoms with Crippen LogP contribution in [-0.4, -0.2) is 6.54 Å². The molecule has 0 saturated heterocycles. The molecular formula is C14H19Cl2N. The molecule has 2 rings (SSSR count). The first-order chi connectivity index (χ1) is 8.27. The molecule has 0 amide bonds. The maximum absolute atomic E-state index is 6.13. The Labute approximate surface area is 114 Å². The van der Waals surface area contributed by atoms with E-state index in [1.54, 1.807) is 0 Å². The summed E-state index contributed by atoms with van der Waals surface area (Å²) in [5.74, 6) is 0.838. The maximum atomic E-state index is 6.13. The van der Waals surface area contributed by atoms with E-state index in [-0.39, 0.29) is 0 Å². The highest BCUT2D eigenvalue weighted by Gasteiger charge is 2.13. The Balaban J connectivity index is 1.81. The summed E-state index contributed by atoms with van der Waals surface area (Å²) >= 11 is 12.3. The summed E-state index contributed by atoms with van der Waals surface area (Å²) in [6.07, 6.45) is 6.91. The standard InChI is InChI=1S/C14H19Cl2N/c15-13-7-4-8-14(16)12(13)10-17-9-11-5-2-1-3-6-11/h4,7-8,11,17H,1-3,5-6,9-10H2. The second-order valence-corrected chi connectivity index (χ2v) is 5.65. The van der Waals surface area contributed by atoms with Crippen molar-refractivity contribution in [1.82, 2.24) is 5.32 Å². The second-order valence-electron chi connectivity index (χ2n) is 4.84. The Morgan fingerprint density at radius 2 is 1.71 bits per heavy atom. The van der Waals surface area contributed by atoms with E-state index < -0.39 is 0 Å². The van der Waals surface area contributed by atoms with Crippen LogP contribution in [0.1, 0.15) is 37.7 Å². The van der Waals surface area contributed by atoms with E-state index >= 15 is 0 Å². The van der Waals surface area contributed by atoms with Gasteiger partial charge in [0.15, 0.2) is 0 Å². The molecule has 17 heavy (non-hydrogen) atoms. The fourth-order valence-electron chi connectivity index (χ4n) is 2.49. The van der Waals surface area contributed by atoms with Gasteiger partial charge < -0.3 is 5.32 Å². The minimum atomic E-state index is 0.758. The van der Waals surface area contributed by atoms with E-state index in [0.29, 0.717) is 0 Å². The summed E-state index contributed by atoms with van der Waals surface area (Å²) in [5.41, 5.74) is 1.02. The Kier molecular flexibility index (Phi) is 5.15. The molecule has 3 heteroatoms. The number of benzene rings is 1. The topological polar surface area (TPSA) is 12.0 Å². The lowest BCUT2D eigenvalue weighted by molar-refractivity contribution is 0.342. The average molecular weight is 272 g/mol. The van der Waals surface area contributed by atoms with Crippen LogP contribution in [0, 0.1) is 5.92 Å². The minimum absolute atomic E-state index is 0.758. The van der Waals surface area contributed by atoms with Gasteiger partial charge in [0, 0.05) is 22.2 Å². The van der Waals surface area contributed by atoms with Gasteiger partial charge in [0.2, 0.25) is 0 Å². The molecule has 1 aliphatic carbocycles. The van der Waals surface area contributed by atoms with Crippen molar-refractivity contribution >= 4 is 23.2 Å². The number of rotatable bonds is 4. The Morgan fingerprint density at radius 1 is 1.06 bits per heavy atom. The first-order valence-electron chi connectivity index (χ1n) is 6.41. The highest BCUT2D eigenvalue weighted by Crippen LogP contribution is 2.25. The molecular weight excluding hydrogens is 253 g/mol. The smallest absolute Gasteiger partial charge is 0.0465 e. The Bertz CT molecular complexity index is 339. The van der Waals surface area contributed by atoms with Gasteiger partial charge in [-0.1, -0.05) is 48.5 Å². The molecule has 0 unspecified atom stereocenters. The van der Waals surface area contributed by atoms with Crippen molar-refractivity contribution in [1.29, 1.82) is 0 Å². The Hall–Kier alpha value is -0.240. The second kappa shape index (κ2) is 6.63. The van der Waals surface area contributed by atoms with Crippen LogP contribution in [0.5, 0.6) is 0 Å². The zero-order chi connectivity index (χ0) is 12.1. The van der Waals surface area contributed by atoms with Crippen molar-refractivity contribution in [2.75, 3.05) is 6.54 Å². The molecule has 1 nitrogen and oxygen atoms in total. The van der Waals surface area contributed by atoms with Crippen LogP contribution >= 0.6 is 23.2 Å². The van der Waals surface area contributed by atoms with Crippen LogP contribution in [0.25, 0.3) is 0 Å². The monoisotopic (exact) mass is 271 g/mol. The molecule has 1 aliphatic rings. The summed E-state index contributed by atoms with van der Waals surface area (Å²) < 4.78 is 0. The highest BCUT2D eigenvalue weighted by molar-refractivity contribution is 6.35. The molecule has 0 aromatic heterocycles. The van der Waals surface area contributed by atoms with E-state index in [9.17, 15) is 0 Å². The van der Waals surface area contributed by atoms with E-state index in [1.807, 2.05) is 18.2 Å². The van der Waals surface area contributed by atoms with Gasteiger partial charge in [0.05, 0.1) is 0 Å². The quantitative estimate of drug-likeness (QED) is 0.840. The summed E-state index contributed by atoms with van der Waals surface area (Å²) in [5, 5.41) is 5.00. The molecule has 0 heterocycles. The lowest BCUT2D eigenvalue weighted by Gasteiger charge is -2.22. The van der Waals surface area contributed by atoms with Gasteiger partial charge in [-0.2, -0.15) is 0 Å². The third-order valence-electron chi connectivity index (χ3n) is 3.52. The molecule has 0 atom stereocenters. The Morgan fingerprint density at radius 3 is 2.35 bits per heavy atom. The molecule has 1 aromatic carbocycles. The van der Waals surface area contributed by atoms with Crippen LogP contribution in [0.3, 0.4) is 0 Å². The summed E-state index contributed by atoms with van der Waals surface area (Å²) in [6, 6.07) is 5.67. The lowest BCUT2D eigenvalue weighted by atomic mass is 9.89. The molecule has 0 radical (unpaired) electrons. The largest absolute Gasteiger partial charge is 0.312 e. The van der Waals surface area contributed by atoms with E-state index in [0.717, 1.165) is 34.6 Å². The van der Waals surface area contributed by atoms with Gasteiger partial charge in [0.25, 0.3) is 0 Å². The number of hydrogen-bond donors (Lipinski definition) is 1. The zero-order valence-electron chi connectivity index (χ0n) is 10.0. The van der Waals surface area contributed by atoms with Crippen molar-refractivity contribution in [3.05, 3.63) is 33.8 Å². The van der Waals surface area contributed by atoms with Crippen molar-refractivity contribution in [2.24, 2.45) is 5.92 Å². The number of nitrogens with one attached hydrogen (secondary N) is 1. The van der Waals surface area contributed by atoms with Crippen LogP contribution in [-0.2, 0) is 6.54 Å². The van der Waals surface area contributed by atoms with Crippen molar-refractivity contribution < 1.29 is 0 Å². The fraction of sp³-hybridized carbons (Fsp3) is 0.571. The van der Waals surface area contributed by atoms with Gasteiger partial charge in [-0.25, -0.2) is 0 Å². The molecule has 1 saturated carbocycles. The predicted octanol–water partition coefficient (Wildman–Crippen LogP) is 4.66. The average Bonchev–Trinajstić information content (AvgIpc) is 2.34. The molecule has 0 spiro atoms. The lowest BCUT2D eigenvalue weighted by Crippen LogP contribution is -2.24. The van der Waals surface area contributed by atoms with Crippen molar-refractivity contribution in [3.8, 4) is 0 Å². The molecule has 1 N–H and O–H groups in total. The zero-order valence-corrected chi connectivity index (χ0v) is 11.5. The normalized spacial score (nSPS) is 17.3. The van der Waals surface area contributed by atoms with Crippen LogP contribution < -0.4 is 5.32 Å². The molecule has 1 aromatic rings. The van der Waals surface area contributed by atoms with E-state index in [2.05, 4.69) is 5.32 Å². The summed E-state index contributed by atoms with van der Waals surface area (Å²) in [7, 11) is 0. The predicted molar refractivity (Wildman–Crippen MR) is 74.7 cm³/mol. The highest BCUT2D eigenvalue weighted by atomic mass is 35.5. The molecule has 94 valence electrons. The van der Waals surface area contributed by atoms with E-state index in [4.69, 9.17) is 23.2 Å². The number of halogens is 2. The van der Waals surface area contributed by atoms with Gasteiger partial charge >= 0.3 is 0 Å². The first-order valence-corrected chi connectivity index (χ1v) is 7.16. The van der Waals surface area contributed by atoms with Gasteiger partial charge in [0.1, 0.15) is 0 Å². The molecule has 0 bridgehead atoms. The van der Waals surface area contributed by atoms with Gasteiger partial charge in [-0.3, -0.25) is 0 Å². The summed E-state index contributed by atoms with van der Waals surface area (Å²) in [6.45, 7) is 1.86. The maximum Gasteiger partial charge on any atom is 0.0465 e.